The minimum absolute atomic E-state index is 0.190. The minimum atomic E-state index is -0.345. The highest BCUT2D eigenvalue weighted by Gasteiger charge is 2.34. The molecule has 0 aromatic rings. The summed E-state index contributed by atoms with van der Waals surface area (Å²) in [6, 6.07) is 0.748. The summed E-state index contributed by atoms with van der Waals surface area (Å²) in [5.74, 6) is 4.95. The van der Waals surface area contributed by atoms with Gasteiger partial charge in [0.05, 0.1) is 6.10 Å². The predicted molar refractivity (Wildman–Crippen MR) is 71.3 cm³/mol. The first kappa shape index (κ1) is 13.3. The third kappa shape index (κ3) is 2.91. The summed E-state index contributed by atoms with van der Waals surface area (Å²) in [4.78, 5) is 16.5. The molecule has 0 aromatic carbocycles. The fourth-order valence-electron chi connectivity index (χ4n) is 3.64. The fourth-order valence-corrected chi connectivity index (χ4v) is 3.64. The average molecular weight is 268 g/mol. The van der Waals surface area contributed by atoms with Gasteiger partial charge in [-0.15, -0.1) is 0 Å². The van der Waals surface area contributed by atoms with Crippen molar-refractivity contribution in [3.63, 3.8) is 0 Å². The molecule has 3 aliphatic heterocycles. The maximum atomic E-state index is 11.4. The Hall–Kier alpha value is -0.690. The van der Waals surface area contributed by atoms with E-state index in [0.29, 0.717) is 0 Å². The number of fused-ring (bicyclic) bond motifs is 1. The molecule has 19 heavy (non-hydrogen) atoms. The van der Waals surface area contributed by atoms with Crippen LogP contribution in [0, 0.1) is 0 Å². The van der Waals surface area contributed by atoms with E-state index >= 15 is 0 Å². The third-order valence-electron chi connectivity index (χ3n) is 4.68. The highest BCUT2D eigenvalue weighted by atomic mass is 16.5. The first-order valence-electron chi connectivity index (χ1n) is 7.38. The van der Waals surface area contributed by atoms with E-state index in [1.165, 1.54) is 25.9 Å². The van der Waals surface area contributed by atoms with E-state index in [0.717, 1.165) is 38.5 Å². The summed E-state index contributed by atoms with van der Waals surface area (Å²) < 4.78 is 5.78. The number of carbonyl (C=O) groups excluding carboxylic acids is 1. The Labute approximate surface area is 114 Å². The van der Waals surface area contributed by atoms with Crippen LogP contribution in [-0.2, 0) is 9.53 Å². The molecular formula is C13H24N4O2. The molecule has 1 amide bonds. The van der Waals surface area contributed by atoms with Gasteiger partial charge < -0.3 is 4.74 Å². The molecule has 6 nitrogen and oxygen atoms in total. The molecule has 3 unspecified atom stereocenters. The maximum Gasteiger partial charge on any atom is 0.263 e. The molecule has 3 aliphatic rings. The quantitative estimate of drug-likeness (QED) is 0.402. The lowest BCUT2D eigenvalue weighted by Crippen LogP contribution is -2.51. The molecule has 3 heterocycles. The number of ether oxygens (including phenoxy) is 1. The Morgan fingerprint density at radius 3 is 3.00 bits per heavy atom. The van der Waals surface area contributed by atoms with Gasteiger partial charge in [0.25, 0.3) is 5.91 Å². The summed E-state index contributed by atoms with van der Waals surface area (Å²) in [7, 11) is 0. The van der Waals surface area contributed by atoms with Crippen LogP contribution in [0.5, 0.6) is 0 Å². The van der Waals surface area contributed by atoms with Crippen LogP contribution in [0.25, 0.3) is 0 Å². The highest BCUT2D eigenvalue weighted by molar-refractivity contribution is 5.80. The zero-order valence-corrected chi connectivity index (χ0v) is 11.4. The molecule has 0 aromatic heterocycles. The molecule has 3 fully saturated rings. The number of nitrogens with zero attached hydrogens (tertiary/aromatic N) is 2. The smallest absolute Gasteiger partial charge is 0.263 e. The van der Waals surface area contributed by atoms with Crippen LogP contribution in [0.15, 0.2) is 0 Å². The topological polar surface area (TPSA) is 70.8 Å². The highest BCUT2D eigenvalue weighted by Crippen LogP contribution is 2.24. The van der Waals surface area contributed by atoms with Crippen LogP contribution in [0.1, 0.15) is 25.7 Å². The van der Waals surface area contributed by atoms with Crippen LogP contribution in [0.4, 0.5) is 0 Å². The van der Waals surface area contributed by atoms with E-state index in [4.69, 9.17) is 10.6 Å². The van der Waals surface area contributed by atoms with Gasteiger partial charge in [-0.25, -0.2) is 5.84 Å². The monoisotopic (exact) mass is 268 g/mol. The van der Waals surface area contributed by atoms with Gasteiger partial charge in [0.15, 0.2) is 0 Å². The molecule has 6 heteroatoms. The average Bonchev–Trinajstić information content (AvgIpc) is 3.06. The van der Waals surface area contributed by atoms with E-state index in [2.05, 4.69) is 15.2 Å². The van der Waals surface area contributed by atoms with E-state index < -0.39 is 0 Å². The van der Waals surface area contributed by atoms with Crippen LogP contribution in [-0.4, -0.2) is 66.7 Å². The molecular weight excluding hydrogens is 244 g/mol. The van der Waals surface area contributed by atoms with Crippen molar-refractivity contribution in [1.82, 2.24) is 15.2 Å². The van der Waals surface area contributed by atoms with Gasteiger partial charge in [-0.05, 0) is 32.2 Å². The van der Waals surface area contributed by atoms with Crippen molar-refractivity contribution in [3.8, 4) is 0 Å². The van der Waals surface area contributed by atoms with Gasteiger partial charge in [-0.2, -0.15) is 0 Å². The predicted octanol–water partition coefficient (Wildman–Crippen LogP) is -0.696. The number of amides is 1. The summed E-state index contributed by atoms with van der Waals surface area (Å²) >= 11 is 0. The third-order valence-corrected chi connectivity index (χ3v) is 4.68. The minimum Gasteiger partial charge on any atom is -0.364 e. The Morgan fingerprint density at radius 1 is 1.26 bits per heavy atom. The zero-order valence-electron chi connectivity index (χ0n) is 11.4. The number of piperazine rings is 1. The van der Waals surface area contributed by atoms with Gasteiger partial charge in [-0.3, -0.25) is 20.0 Å². The van der Waals surface area contributed by atoms with Gasteiger partial charge in [0, 0.05) is 32.2 Å². The number of hydrogen-bond acceptors (Lipinski definition) is 5. The number of nitrogens with one attached hydrogen (secondary N) is 1. The SMILES string of the molecule is NNC(=O)C1CCC(CN2CCN3CCCC3C2)O1. The molecule has 0 aliphatic carbocycles. The van der Waals surface area contributed by atoms with Crippen LogP contribution in [0.2, 0.25) is 0 Å². The lowest BCUT2D eigenvalue weighted by Gasteiger charge is -2.38. The molecule has 0 saturated carbocycles. The summed E-state index contributed by atoms with van der Waals surface area (Å²) in [6.07, 6.45) is 4.27. The van der Waals surface area contributed by atoms with Crippen LogP contribution < -0.4 is 11.3 Å². The standard InChI is InChI=1S/C13H24N4O2/c14-15-13(18)12-4-3-11(19-12)9-16-6-7-17-5-1-2-10(17)8-16/h10-12H,1-9,14H2,(H,15,18). The second-order valence-corrected chi connectivity index (χ2v) is 5.92. The Bertz CT molecular complexity index is 339. The fraction of sp³-hybridized carbons (Fsp3) is 0.923. The number of nitrogens with two attached hydrogens (primary N) is 1. The van der Waals surface area contributed by atoms with Crippen molar-refractivity contribution >= 4 is 5.91 Å². The second-order valence-electron chi connectivity index (χ2n) is 5.92. The molecule has 0 radical (unpaired) electrons. The lowest BCUT2D eigenvalue weighted by atomic mass is 10.1. The zero-order chi connectivity index (χ0) is 13.2. The number of hydrazine groups is 1. The van der Waals surface area contributed by atoms with Crippen molar-refractivity contribution in [1.29, 1.82) is 0 Å². The molecule has 0 spiro atoms. The molecule has 0 bridgehead atoms. The first-order chi connectivity index (χ1) is 9.26. The van der Waals surface area contributed by atoms with Crippen molar-refractivity contribution in [2.24, 2.45) is 5.84 Å². The molecule has 3 rings (SSSR count). The Kier molecular flexibility index (Phi) is 4.02. The van der Waals surface area contributed by atoms with Crippen molar-refractivity contribution in [2.45, 2.75) is 43.9 Å². The van der Waals surface area contributed by atoms with E-state index in [1.807, 2.05) is 0 Å². The summed E-state index contributed by atoms with van der Waals surface area (Å²) in [6.45, 7) is 5.71. The maximum absolute atomic E-state index is 11.4. The van der Waals surface area contributed by atoms with Crippen LogP contribution in [0.3, 0.4) is 0 Å². The van der Waals surface area contributed by atoms with Crippen molar-refractivity contribution < 1.29 is 9.53 Å². The van der Waals surface area contributed by atoms with Gasteiger partial charge >= 0.3 is 0 Å². The number of rotatable bonds is 3. The van der Waals surface area contributed by atoms with E-state index in [9.17, 15) is 4.79 Å². The number of carbonyl (C=O) groups is 1. The van der Waals surface area contributed by atoms with Crippen LogP contribution >= 0.6 is 0 Å². The molecule has 3 N–H and O–H groups in total. The Balaban J connectivity index is 1.46. The van der Waals surface area contributed by atoms with Crippen molar-refractivity contribution in [3.05, 3.63) is 0 Å². The van der Waals surface area contributed by atoms with Gasteiger partial charge in [0.1, 0.15) is 6.10 Å². The van der Waals surface area contributed by atoms with Gasteiger partial charge in [-0.1, -0.05) is 0 Å². The van der Waals surface area contributed by atoms with E-state index in [-0.39, 0.29) is 18.1 Å². The lowest BCUT2D eigenvalue weighted by molar-refractivity contribution is -0.132. The van der Waals surface area contributed by atoms with Crippen molar-refractivity contribution in [2.75, 3.05) is 32.7 Å². The first-order valence-corrected chi connectivity index (χ1v) is 7.38. The van der Waals surface area contributed by atoms with Gasteiger partial charge in [0.2, 0.25) is 0 Å². The summed E-state index contributed by atoms with van der Waals surface area (Å²) in [5.41, 5.74) is 2.18. The normalized spacial score (nSPS) is 36.4. The van der Waals surface area contributed by atoms with E-state index in [1.54, 1.807) is 0 Å². The molecule has 3 saturated heterocycles. The second kappa shape index (κ2) is 5.75. The largest absolute Gasteiger partial charge is 0.364 e. The molecule has 108 valence electrons. The summed E-state index contributed by atoms with van der Waals surface area (Å²) in [5, 5.41) is 0. The Morgan fingerprint density at radius 2 is 2.16 bits per heavy atom. The number of hydrogen-bond donors (Lipinski definition) is 2. The molecule has 3 atom stereocenters.